The second-order valence-corrected chi connectivity index (χ2v) is 6.11. The Morgan fingerprint density at radius 3 is 2.53 bits per heavy atom. The van der Waals surface area contributed by atoms with Gasteiger partial charge in [-0.25, -0.2) is 4.79 Å². The third kappa shape index (κ3) is 2.51. The number of rotatable bonds is 4. The number of urea groups is 1. The average molecular weight is 258 g/mol. The van der Waals surface area contributed by atoms with Crippen LogP contribution in [0.2, 0.25) is 0 Å². The lowest BCUT2D eigenvalue weighted by atomic mass is 9.84. The molecule has 1 saturated heterocycles. The normalized spacial score (nSPS) is 22.5. The Labute approximate surface area is 105 Å². The Hall–Kier alpha value is -0.910. The van der Waals surface area contributed by atoms with Crippen molar-refractivity contribution in [2.45, 2.75) is 24.0 Å². The Morgan fingerprint density at radius 1 is 1.47 bits per heavy atom. The maximum atomic E-state index is 11.7. The molecule has 1 saturated carbocycles. The first-order valence-corrected chi connectivity index (χ1v) is 7.09. The molecule has 0 bridgehead atoms. The zero-order valence-corrected chi connectivity index (χ0v) is 10.8. The first-order valence-electron chi connectivity index (χ1n) is 5.87. The number of hydrogen-bond acceptors (Lipinski definition) is 3. The number of nitrogens with zero attached hydrogens (tertiary/aromatic N) is 1. The van der Waals surface area contributed by atoms with E-state index in [9.17, 15) is 9.59 Å². The lowest BCUT2D eigenvalue weighted by molar-refractivity contribution is -0.146. The van der Waals surface area contributed by atoms with E-state index in [4.69, 9.17) is 5.11 Å². The van der Waals surface area contributed by atoms with Gasteiger partial charge in [0.05, 0.1) is 5.92 Å². The Kier molecular flexibility index (Phi) is 3.51. The number of carboxylic acids is 1. The summed E-state index contributed by atoms with van der Waals surface area (Å²) >= 11 is 1.82. The van der Waals surface area contributed by atoms with E-state index in [1.807, 2.05) is 11.8 Å². The number of carboxylic acid groups (broad SMARTS) is 1. The van der Waals surface area contributed by atoms with Crippen molar-refractivity contribution in [2.75, 3.05) is 25.9 Å². The van der Waals surface area contributed by atoms with E-state index < -0.39 is 5.97 Å². The van der Waals surface area contributed by atoms with E-state index >= 15 is 0 Å². The molecular weight excluding hydrogens is 240 g/mol. The summed E-state index contributed by atoms with van der Waals surface area (Å²) in [6.45, 7) is 1.38. The monoisotopic (exact) mass is 258 g/mol. The van der Waals surface area contributed by atoms with Crippen molar-refractivity contribution in [1.29, 1.82) is 0 Å². The van der Waals surface area contributed by atoms with Crippen LogP contribution in [0.25, 0.3) is 0 Å². The van der Waals surface area contributed by atoms with Crippen LogP contribution >= 0.6 is 11.8 Å². The summed E-state index contributed by atoms with van der Waals surface area (Å²) in [5, 5.41) is 11.6. The molecule has 0 unspecified atom stereocenters. The molecule has 1 heterocycles. The van der Waals surface area contributed by atoms with Crippen LogP contribution in [-0.2, 0) is 4.79 Å². The van der Waals surface area contributed by atoms with Crippen molar-refractivity contribution >= 4 is 23.8 Å². The Balaban J connectivity index is 1.70. The predicted molar refractivity (Wildman–Crippen MR) is 66.2 cm³/mol. The molecule has 1 aliphatic heterocycles. The minimum absolute atomic E-state index is 0.122. The van der Waals surface area contributed by atoms with Gasteiger partial charge in [-0.1, -0.05) is 6.42 Å². The quantitative estimate of drug-likeness (QED) is 0.789. The highest BCUT2D eigenvalue weighted by Gasteiger charge is 2.39. The molecule has 2 amide bonds. The molecule has 0 aromatic carbocycles. The third-order valence-electron chi connectivity index (χ3n) is 3.78. The van der Waals surface area contributed by atoms with Gasteiger partial charge in [0.15, 0.2) is 0 Å². The molecule has 2 aliphatic rings. The van der Waals surface area contributed by atoms with Crippen LogP contribution in [0.15, 0.2) is 0 Å². The van der Waals surface area contributed by atoms with Crippen LogP contribution < -0.4 is 5.32 Å². The van der Waals surface area contributed by atoms with Crippen molar-refractivity contribution in [3.63, 3.8) is 0 Å². The summed E-state index contributed by atoms with van der Waals surface area (Å²) in [6.07, 6.45) is 5.63. The summed E-state index contributed by atoms with van der Waals surface area (Å²) < 4.78 is 0.229. The van der Waals surface area contributed by atoms with Crippen molar-refractivity contribution in [2.24, 2.45) is 5.92 Å². The fourth-order valence-corrected chi connectivity index (χ4v) is 3.09. The number of thioether (sulfide) groups is 1. The molecule has 2 rings (SSSR count). The molecule has 0 radical (unpaired) electrons. The molecule has 0 spiro atoms. The maximum Gasteiger partial charge on any atom is 0.317 e. The van der Waals surface area contributed by atoms with Gasteiger partial charge in [-0.2, -0.15) is 11.8 Å². The maximum absolute atomic E-state index is 11.7. The molecule has 6 heteroatoms. The largest absolute Gasteiger partial charge is 0.481 e. The predicted octanol–water partition coefficient (Wildman–Crippen LogP) is 0.998. The highest BCUT2D eigenvalue weighted by Crippen LogP contribution is 2.42. The van der Waals surface area contributed by atoms with Gasteiger partial charge in [-0.15, -0.1) is 0 Å². The van der Waals surface area contributed by atoms with Gasteiger partial charge in [0.1, 0.15) is 0 Å². The number of nitrogens with one attached hydrogen (secondary N) is 1. The highest BCUT2D eigenvalue weighted by molar-refractivity contribution is 8.00. The Morgan fingerprint density at radius 2 is 2.12 bits per heavy atom. The summed E-state index contributed by atoms with van der Waals surface area (Å²) in [6, 6.07) is -0.122. The molecule has 2 N–H and O–H groups in total. The molecule has 17 heavy (non-hydrogen) atoms. The standard InChI is InChI=1S/C11H18N2O3S/c1-17-11(3-2-4-11)7-12-10(16)13-5-8(6-13)9(14)15/h8H,2-7H2,1H3,(H,12,16)(H,14,15). The SMILES string of the molecule is CSC1(CNC(=O)N2CC(C(=O)O)C2)CCC1. The van der Waals surface area contributed by atoms with E-state index in [0.29, 0.717) is 19.6 Å². The molecular formula is C11H18N2O3S. The smallest absolute Gasteiger partial charge is 0.317 e. The van der Waals surface area contributed by atoms with Crippen molar-refractivity contribution in [3.05, 3.63) is 0 Å². The molecule has 5 nitrogen and oxygen atoms in total. The van der Waals surface area contributed by atoms with Gasteiger partial charge in [-0.3, -0.25) is 4.79 Å². The summed E-state index contributed by atoms with van der Waals surface area (Å²) in [4.78, 5) is 23.9. The average Bonchev–Trinajstić information content (AvgIpc) is 2.13. The Bertz CT molecular complexity index is 319. The highest BCUT2D eigenvalue weighted by atomic mass is 32.2. The number of hydrogen-bond donors (Lipinski definition) is 2. The summed E-state index contributed by atoms with van der Waals surface area (Å²) in [7, 11) is 0. The molecule has 2 fully saturated rings. The van der Waals surface area contributed by atoms with E-state index in [0.717, 1.165) is 12.8 Å². The van der Waals surface area contributed by atoms with Crippen LogP contribution in [-0.4, -0.2) is 52.6 Å². The van der Waals surface area contributed by atoms with Crippen LogP contribution in [0.4, 0.5) is 4.79 Å². The van der Waals surface area contributed by atoms with Crippen LogP contribution in [0.5, 0.6) is 0 Å². The van der Waals surface area contributed by atoms with Gasteiger partial charge >= 0.3 is 12.0 Å². The number of carbonyl (C=O) groups excluding carboxylic acids is 1. The topological polar surface area (TPSA) is 69.6 Å². The molecule has 0 aromatic rings. The van der Waals surface area contributed by atoms with E-state index in [2.05, 4.69) is 11.6 Å². The zero-order valence-electron chi connectivity index (χ0n) is 9.94. The van der Waals surface area contributed by atoms with Crippen molar-refractivity contribution in [3.8, 4) is 0 Å². The van der Waals surface area contributed by atoms with Gasteiger partial charge < -0.3 is 15.3 Å². The molecule has 96 valence electrons. The zero-order chi connectivity index (χ0) is 12.5. The number of likely N-dealkylation sites (tertiary alicyclic amines) is 1. The van der Waals surface area contributed by atoms with Crippen LogP contribution in [0.3, 0.4) is 0 Å². The van der Waals surface area contributed by atoms with Crippen LogP contribution in [0.1, 0.15) is 19.3 Å². The minimum atomic E-state index is -0.811. The molecule has 1 aliphatic carbocycles. The molecule has 0 atom stereocenters. The number of aliphatic carboxylic acids is 1. The lowest BCUT2D eigenvalue weighted by Gasteiger charge is -2.42. The first-order chi connectivity index (χ1) is 8.06. The van der Waals surface area contributed by atoms with Gasteiger partial charge in [0.25, 0.3) is 0 Å². The minimum Gasteiger partial charge on any atom is -0.481 e. The van der Waals surface area contributed by atoms with Gasteiger partial charge in [0.2, 0.25) is 0 Å². The number of amides is 2. The van der Waals surface area contributed by atoms with E-state index in [-0.39, 0.29) is 16.7 Å². The number of carbonyl (C=O) groups is 2. The summed E-state index contributed by atoms with van der Waals surface area (Å²) in [5.74, 6) is -1.19. The van der Waals surface area contributed by atoms with Crippen molar-refractivity contribution in [1.82, 2.24) is 10.2 Å². The second kappa shape index (κ2) is 4.76. The fourth-order valence-electron chi connectivity index (χ4n) is 2.17. The van der Waals surface area contributed by atoms with Gasteiger partial charge in [-0.05, 0) is 19.1 Å². The van der Waals surface area contributed by atoms with Crippen LogP contribution in [0, 0.1) is 5.92 Å². The molecule has 0 aromatic heterocycles. The van der Waals surface area contributed by atoms with Gasteiger partial charge in [0, 0.05) is 24.4 Å². The summed E-state index contributed by atoms with van der Waals surface area (Å²) in [5.41, 5.74) is 0. The first kappa shape index (κ1) is 12.5. The van der Waals surface area contributed by atoms with E-state index in [1.165, 1.54) is 6.42 Å². The third-order valence-corrected chi connectivity index (χ3v) is 5.20. The second-order valence-electron chi connectivity index (χ2n) is 4.84. The van der Waals surface area contributed by atoms with Crippen molar-refractivity contribution < 1.29 is 14.7 Å². The van der Waals surface area contributed by atoms with E-state index in [1.54, 1.807) is 4.90 Å². The fraction of sp³-hybridized carbons (Fsp3) is 0.818. The lowest BCUT2D eigenvalue weighted by Crippen LogP contribution is -2.58.